The maximum atomic E-state index is 11.8. The van der Waals surface area contributed by atoms with Gasteiger partial charge in [0.25, 0.3) is 5.24 Å². The fourth-order valence-electron chi connectivity index (χ4n) is 1.36. The summed E-state index contributed by atoms with van der Waals surface area (Å²) in [7, 11) is 4.65. The summed E-state index contributed by atoms with van der Waals surface area (Å²) < 4.78 is 4.49. The maximum absolute atomic E-state index is 11.8. The van der Waals surface area contributed by atoms with Crippen LogP contribution >= 0.6 is 11.8 Å². The Balaban J connectivity index is 2.59. The molecule has 0 aliphatic rings. The molecule has 0 aliphatic carbocycles. The Kier molecular flexibility index (Phi) is 6.24. The molecule has 0 fully saturated rings. The summed E-state index contributed by atoms with van der Waals surface area (Å²) in [5.74, 6) is -0.520. The summed E-state index contributed by atoms with van der Waals surface area (Å²) in [5.41, 5.74) is 0.524. The molecule has 1 rings (SSSR count). The lowest BCUT2D eigenvalue weighted by Crippen LogP contribution is -2.16. The normalized spacial score (nSPS) is 9.95. The lowest BCUT2D eigenvalue weighted by Gasteiger charge is -2.09. The Bertz CT molecular complexity index is 496. The maximum Gasteiger partial charge on any atom is 0.305 e. The van der Waals surface area contributed by atoms with Gasteiger partial charge in [0.1, 0.15) is 0 Å². The number of amides is 1. The van der Waals surface area contributed by atoms with Crippen molar-refractivity contribution in [1.29, 1.82) is 0 Å². The van der Waals surface area contributed by atoms with Gasteiger partial charge in [-0.05, 0) is 23.9 Å². The number of esters is 1. The molecule has 5 nitrogen and oxygen atoms in total. The van der Waals surface area contributed by atoms with Crippen molar-refractivity contribution in [1.82, 2.24) is 4.90 Å². The fraction of sp³-hybridized carbons (Fsp3) is 0.357. The average molecular weight is 295 g/mol. The van der Waals surface area contributed by atoms with E-state index >= 15 is 0 Å². The van der Waals surface area contributed by atoms with Crippen LogP contribution in [0.4, 0.5) is 4.79 Å². The van der Waals surface area contributed by atoms with Gasteiger partial charge >= 0.3 is 5.97 Å². The first-order valence-electron chi connectivity index (χ1n) is 6.03. The van der Waals surface area contributed by atoms with Crippen molar-refractivity contribution >= 4 is 28.8 Å². The number of carbonyl (C=O) groups excluding carboxylic acids is 3. The monoisotopic (exact) mass is 295 g/mol. The first-order valence-corrected chi connectivity index (χ1v) is 6.85. The Labute approximate surface area is 122 Å². The smallest absolute Gasteiger partial charge is 0.305 e. The summed E-state index contributed by atoms with van der Waals surface area (Å²) >= 11 is 1.10. The van der Waals surface area contributed by atoms with Gasteiger partial charge in [-0.2, -0.15) is 0 Å². The van der Waals surface area contributed by atoms with Gasteiger partial charge in [0, 0.05) is 31.0 Å². The minimum Gasteiger partial charge on any atom is -0.469 e. The molecule has 108 valence electrons. The van der Waals surface area contributed by atoms with Gasteiger partial charge < -0.3 is 9.64 Å². The minimum atomic E-state index is -0.401. The Hall–Kier alpha value is -1.82. The van der Waals surface area contributed by atoms with Crippen LogP contribution in [0.3, 0.4) is 0 Å². The largest absolute Gasteiger partial charge is 0.469 e. The summed E-state index contributed by atoms with van der Waals surface area (Å²) in [6.45, 7) is 0. The number of hydrogen-bond acceptors (Lipinski definition) is 5. The summed E-state index contributed by atoms with van der Waals surface area (Å²) in [6.07, 6.45) is 0.195. The third-order valence-corrected chi connectivity index (χ3v) is 3.58. The summed E-state index contributed by atoms with van der Waals surface area (Å²) in [6, 6.07) is 6.75. The van der Waals surface area contributed by atoms with Gasteiger partial charge in [0.15, 0.2) is 5.78 Å². The molecule has 0 heterocycles. The molecule has 0 atom stereocenters. The van der Waals surface area contributed by atoms with Gasteiger partial charge in [0.2, 0.25) is 0 Å². The average Bonchev–Trinajstić information content (AvgIpc) is 2.44. The van der Waals surface area contributed by atoms with Crippen molar-refractivity contribution in [2.75, 3.05) is 21.2 Å². The lowest BCUT2D eigenvalue weighted by atomic mass is 10.1. The molecule has 20 heavy (non-hydrogen) atoms. The van der Waals surface area contributed by atoms with Crippen LogP contribution in [0, 0.1) is 0 Å². The Morgan fingerprint density at radius 1 is 1.10 bits per heavy atom. The number of benzene rings is 1. The zero-order valence-electron chi connectivity index (χ0n) is 11.7. The number of thioether (sulfide) groups is 1. The van der Waals surface area contributed by atoms with Crippen molar-refractivity contribution < 1.29 is 19.1 Å². The second kappa shape index (κ2) is 7.69. The van der Waals surface area contributed by atoms with Crippen LogP contribution in [0.25, 0.3) is 0 Å². The van der Waals surface area contributed by atoms with Crippen molar-refractivity contribution in [3.63, 3.8) is 0 Å². The number of ketones is 1. The highest BCUT2D eigenvalue weighted by Gasteiger charge is 2.11. The number of ether oxygens (including phenoxy) is 1. The number of Topliss-reactive ketones (excluding diaryl/α,β-unsaturated/α-hetero) is 1. The number of rotatable bonds is 5. The van der Waals surface area contributed by atoms with Crippen molar-refractivity contribution in [2.45, 2.75) is 17.7 Å². The van der Waals surface area contributed by atoms with E-state index < -0.39 is 5.97 Å². The van der Waals surface area contributed by atoms with Crippen LogP contribution in [0.2, 0.25) is 0 Å². The second-order valence-electron chi connectivity index (χ2n) is 4.29. The van der Waals surface area contributed by atoms with E-state index in [1.807, 2.05) is 0 Å². The van der Waals surface area contributed by atoms with Crippen LogP contribution in [0.5, 0.6) is 0 Å². The van der Waals surface area contributed by atoms with E-state index in [-0.39, 0.29) is 23.9 Å². The fourth-order valence-corrected chi connectivity index (χ4v) is 2.02. The molecular formula is C14H17NO4S. The van der Waals surface area contributed by atoms with Crippen molar-refractivity contribution in [3.05, 3.63) is 29.8 Å². The van der Waals surface area contributed by atoms with Crippen LogP contribution in [-0.4, -0.2) is 43.1 Å². The molecule has 6 heteroatoms. The molecule has 0 aliphatic heterocycles. The van der Waals surface area contributed by atoms with E-state index in [4.69, 9.17) is 0 Å². The zero-order chi connectivity index (χ0) is 15.1. The number of hydrogen-bond donors (Lipinski definition) is 0. The quantitative estimate of drug-likeness (QED) is 0.474. The highest BCUT2D eigenvalue weighted by molar-refractivity contribution is 8.13. The third-order valence-electron chi connectivity index (χ3n) is 2.53. The molecule has 0 aromatic heterocycles. The number of carbonyl (C=O) groups is 3. The molecule has 0 N–H and O–H groups in total. The first kappa shape index (κ1) is 16.2. The lowest BCUT2D eigenvalue weighted by molar-refractivity contribution is -0.140. The van der Waals surface area contributed by atoms with Gasteiger partial charge in [-0.3, -0.25) is 14.4 Å². The summed E-state index contributed by atoms with van der Waals surface area (Å²) in [4.78, 5) is 36.6. The van der Waals surface area contributed by atoms with Crippen LogP contribution in [0.15, 0.2) is 29.2 Å². The van der Waals surface area contributed by atoms with E-state index in [2.05, 4.69) is 4.74 Å². The van der Waals surface area contributed by atoms with Crippen LogP contribution in [0.1, 0.15) is 23.2 Å². The molecular weight excluding hydrogens is 278 g/mol. The molecule has 0 bridgehead atoms. The molecule has 0 saturated heterocycles. The zero-order valence-corrected chi connectivity index (χ0v) is 12.5. The predicted molar refractivity (Wildman–Crippen MR) is 77.0 cm³/mol. The predicted octanol–water partition coefficient (Wildman–Crippen LogP) is 2.60. The Morgan fingerprint density at radius 3 is 2.20 bits per heavy atom. The molecule has 0 saturated carbocycles. The van der Waals surface area contributed by atoms with Gasteiger partial charge in [-0.25, -0.2) is 0 Å². The van der Waals surface area contributed by atoms with E-state index in [0.717, 1.165) is 16.7 Å². The van der Waals surface area contributed by atoms with Gasteiger partial charge in [0.05, 0.1) is 13.5 Å². The molecule has 1 aromatic rings. The topological polar surface area (TPSA) is 63.7 Å². The van der Waals surface area contributed by atoms with Crippen LogP contribution < -0.4 is 0 Å². The molecule has 0 radical (unpaired) electrons. The van der Waals surface area contributed by atoms with Crippen molar-refractivity contribution in [2.24, 2.45) is 0 Å². The molecule has 0 unspecified atom stereocenters. The molecule has 0 spiro atoms. The first-order chi connectivity index (χ1) is 9.43. The van der Waals surface area contributed by atoms with Crippen molar-refractivity contribution in [3.8, 4) is 0 Å². The summed E-state index contributed by atoms with van der Waals surface area (Å²) in [5, 5.41) is -0.0743. The number of nitrogens with zero attached hydrogens (tertiary/aromatic N) is 1. The SMILES string of the molecule is COC(=O)CCC(=O)c1ccc(SC(=O)N(C)C)cc1. The van der Waals surface area contributed by atoms with E-state index in [0.29, 0.717) is 5.56 Å². The highest BCUT2D eigenvalue weighted by atomic mass is 32.2. The van der Waals surface area contributed by atoms with E-state index in [9.17, 15) is 14.4 Å². The highest BCUT2D eigenvalue weighted by Crippen LogP contribution is 2.21. The second-order valence-corrected chi connectivity index (χ2v) is 5.31. The van der Waals surface area contributed by atoms with Gasteiger partial charge in [-0.15, -0.1) is 0 Å². The Morgan fingerprint density at radius 2 is 1.70 bits per heavy atom. The van der Waals surface area contributed by atoms with Gasteiger partial charge in [-0.1, -0.05) is 12.1 Å². The van der Waals surface area contributed by atoms with Crippen LogP contribution in [-0.2, 0) is 9.53 Å². The number of methoxy groups -OCH3 is 1. The standard InChI is InChI=1S/C14H17NO4S/c1-15(2)14(18)20-11-6-4-10(5-7-11)12(16)8-9-13(17)19-3/h4-7H,8-9H2,1-3H3. The third kappa shape index (κ3) is 5.05. The minimum absolute atomic E-state index is 0.0743. The molecule has 1 amide bonds. The van der Waals surface area contributed by atoms with E-state index in [1.165, 1.54) is 12.0 Å². The molecule has 1 aromatic carbocycles. The van der Waals surface area contributed by atoms with E-state index in [1.54, 1.807) is 38.4 Å².